The van der Waals surface area contributed by atoms with Gasteiger partial charge in [0, 0.05) is 10.9 Å². The van der Waals surface area contributed by atoms with Crippen LogP contribution in [0, 0.1) is 0 Å². The number of hydrogen-bond acceptors (Lipinski definition) is 4. The van der Waals surface area contributed by atoms with E-state index >= 15 is 0 Å². The molecule has 19 heavy (non-hydrogen) atoms. The molecule has 0 amide bonds. The van der Waals surface area contributed by atoms with Crippen LogP contribution in [0.3, 0.4) is 0 Å². The molecule has 0 saturated carbocycles. The van der Waals surface area contributed by atoms with Crippen molar-refractivity contribution in [3.8, 4) is 5.00 Å². The van der Waals surface area contributed by atoms with Gasteiger partial charge < -0.3 is 5.73 Å². The van der Waals surface area contributed by atoms with E-state index in [9.17, 15) is 0 Å². The molecule has 0 aliphatic heterocycles. The first-order chi connectivity index (χ1) is 9.33. The smallest absolute Gasteiger partial charge is 0.166 e. The molecule has 0 bridgehead atoms. The third-order valence-corrected chi connectivity index (χ3v) is 4.18. The van der Waals surface area contributed by atoms with Crippen molar-refractivity contribution >= 4 is 38.3 Å². The largest absolute Gasteiger partial charge is 0.382 e. The van der Waals surface area contributed by atoms with Crippen LogP contribution in [0.25, 0.3) is 26.1 Å². The monoisotopic (exact) mass is 266 g/mol. The number of hydrogen-bond donors (Lipinski definition) is 1. The molecule has 0 atom stereocenters. The van der Waals surface area contributed by atoms with Gasteiger partial charge in [0.05, 0.1) is 5.39 Å². The summed E-state index contributed by atoms with van der Waals surface area (Å²) in [5.74, 6) is 0.514. The highest BCUT2D eigenvalue weighted by molar-refractivity contribution is 7.21. The lowest BCUT2D eigenvalue weighted by Crippen LogP contribution is -1.95. The summed E-state index contributed by atoms with van der Waals surface area (Å²) in [7, 11) is 0. The summed E-state index contributed by atoms with van der Waals surface area (Å²) in [5.41, 5.74) is 6.74. The molecule has 2 N–H and O–H groups in total. The Bertz CT molecular complexity index is 858. The van der Waals surface area contributed by atoms with Gasteiger partial charge in [-0.25, -0.2) is 9.67 Å². The molecule has 92 valence electrons. The Morgan fingerprint density at radius 2 is 2.00 bits per heavy atom. The van der Waals surface area contributed by atoms with Gasteiger partial charge in [-0.15, -0.1) is 16.4 Å². The normalized spacial score (nSPS) is 11.4. The van der Waals surface area contributed by atoms with Crippen LogP contribution in [0.2, 0.25) is 0 Å². The fourth-order valence-electron chi connectivity index (χ4n) is 2.20. The van der Waals surface area contributed by atoms with Crippen molar-refractivity contribution in [3.05, 3.63) is 48.7 Å². The predicted octanol–water partition coefficient (Wildman–Crippen LogP) is 3.22. The number of benzene rings is 1. The van der Waals surface area contributed by atoms with Crippen molar-refractivity contribution in [2.45, 2.75) is 0 Å². The van der Waals surface area contributed by atoms with Gasteiger partial charge in [-0.1, -0.05) is 18.2 Å². The maximum Gasteiger partial charge on any atom is 0.166 e. The van der Waals surface area contributed by atoms with Crippen LogP contribution in [0.15, 0.2) is 48.7 Å². The highest BCUT2D eigenvalue weighted by atomic mass is 32.1. The van der Waals surface area contributed by atoms with Crippen molar-refractivity contribution in [2.75, 3.05) is 5.73 Å². The van der Waals surface area contributed by atoms with Gasteiger partial charge in [0.15, 0.2) is 11.5 Å². The summed E-state index contributed by atoms with van der Waals surface area (Å²) >= 11 is 1.68. The van der Waals surface area contributed by atoms with E-state index in [1.807, 2.05) is 28.9 Å². The maximum atomic E-state index is 5.94. The molecule has 0 aliphatic rings. The molecule has 3 aromatic heterocycles. The molecule has 0 fully saturated rings. The zero-order valence-corrected chi connectivity index (χ0v) is 10.8. The van der Waals surface area contributed by atoms with E-state index in [-0.39, 0.29) is 0 Å². The van der Waals surface area contributed by atoms with Crippen molar-refractivity contribution in [3.63, 3.8) is 0 Å². The minimum Gasteiger partial charge on any atom is -0.382 e. The summed E-state index contributed by atoms with van der Waals surface area (Å²) in [6, 6.07) is 14.2. The van der Waals surface area contributed by atoms with Crippen LogP contribution in [0.4, 0.5) is 5.82 Å². The number of rotatable bonds is 1. The van der Waals surface area contributed by atoms with E-state index in [2.05, 4.69) is 28.3 Å². The van der Waals surface area contributed by atoms with E-state index in [1.165, 1.54) is 10.1 Å². The van der Waals surface area contributed by atoms with Crippen molar-refractivity contribution in [2.24, 2.45) is 0 Å². The molecule has 4 aromatic rings. The Kier molecular flexibility index (Phi) is 2.10. The summed E-state index contributed by atoms with van der Waals surface area (Å²) in [4.78, 5) is 4.38. The van der Waals surface area contributed by atoms with E-state index in [0.29, 0.717) is 5.82 Å². The highest BCUT2D eigenvalue weighted by Gasteiger charge is 2.12. The number of pyridine rings is 1. The summed E-state index contributed by atoms with van der Waals surface area (Å²) in [6.45, 7) is 0. The molecule has 0 radical (unpaired) electrons. The zero-order chi connectivity index (χ0) is 12.8. The average Bonchev–Trinajstić information content (AvgIpc) is 3.01. The number of fused-ring (bicyclic) bond motifs is 2. The number of anilines is 1. The third kappa shape index (κ3) is 1.52. The molecule has 0 saturated heterocycles. The van der Waals surface area contributed by atoms with Gasteiger partial charge in [0.25, 0.3) is 0 Å². The SMILES string of the molecule is Nc1nn(-c2cc3ccccc3s2)c2ncccc12. The molecule has 0 unspecified atom stereocenters. The lowest BCUT2D eigenvalue weighted by Gasteiger charge is -1.96. The van der Waals surface area contributed by atoms with E-state index in [4.69, 9.17) is 5.73 Å². The lowest BCUT2D eigenvalue weighted by molar-refractivity contribution is 0.920. The van der Waals surface area contributed by atoms with Gasteiger partial charge in [-0.05, 0) is 29.7 Å². The molecular weight excluding hydrogens is 256 g/mol. The van der Waals surface area contributed by atoms with Crippen molar-refractivity contribution in [1.82, 2.24) is 14.8 Å². The second-order valence-electron chi connectivity index (χ2n) is 4.29. The van der Waals surface area contributed by atoms with Crippen LogP contribution in [-0.4, -0.2) is 14.8 Å². The predicted molar refractivity (Wildman–Crippen MR) is 78.7 cm³/mol. The second-order valence-corrected chi connectivity index (χ2v) is 5.36. The van der Waals surface area contributed by atoms with Crippen LogP contribution < -0.4 is 5.73 Å². The average molecular weight is 266 g/mol. The first-order valence-electron chi connectivity index (χ1n) is 5.91. The Hall–Kier alpha value is -2.40. The fraction of sp³-hybridized carbons (Fsp3) is 0. The van der Waals surface area contributed by atoms with Crippen LogP contribution >= 0.6 is 11.3 Å². The molecule has 0 aliphatic carbocycles. The number of nitrogen functional groups attached to an aromatic ring is 1. The quantitative estimate of drug-likeness (QED) is 0.575. The number of nitrogens with two attached hydrogens (primary N) is 1. The molecular formula is C14H10N4S. The Labute approximate surface area is 113 Å². The molecule has 4 rings (SSSR count). The number of thiophene rings is 1. The molecule has 1 aromatic carbocycles. The van der Waals surface area contributed by atoms with E-state index in [1.54, 1.807) is 17.5 Å². The van der Waals surface area contributed by atoms with Gasteiger partial charge in [-0.3, -0.25) is 0 Å². The Balaban J connectivity index is 2.04. The van der Waals surface area contributed by atoms with Gasteiger partial charge >= 0.3 is 0 Å². The first-order valence-corrected chi connectivity index (χ1v) is 6.73. The Morgan fingerprint density at radius 1 is 1.11 bits per heavy atom. The molecule has 5 heteroatoms. The highest BCUT2D eigenvalue weighted by Crippen LogP contribution is 2.30. The van der Waals surface area contributed by atoms with Gasteiger partial charge in [0.2, 0.25) is 0 Å². The van der Waals surface area contributed by atoms with Crippen molar-refractivity contribution < 1.29 is 0 Å². The Morgan fingerprint density at radius 3 is 2.89 bits per heavy atom. The van der Waals surface area contributed by atoms with Crippen LogP contribution in [0.1, 0.15) is 0 Å². The van der Waals surface area contributed by atoms with Gasteiger partial charge in [0.1, 0.15) is 5.00 Å². The molecule has 4 nitrogen and oxygen atoms in total. The second kappa shape index (κ2) is 3.80. The lowest BCUT2D eigenvalue weighted by atomic mass is 10.3. The minimum atomic E-state index is 0.514. The van der Waals surface area contributed by atoms with Crippen LogP contribution in [-0.2, 0) is 0 Å². The summed E-state index contributed by atoms with van der Waals surface area (Å²) < 4.78 is 3.05. The van der Waals surface area contributed by atoms with E-state index in [0.717, 1.165) is 16.0 Å². The molecule has 3 heterocycles. The van der Waals surface area contributed by atoms with E-state index < -0.39 is 0 Å². The summed E-state index contributed by atoms with van der Waals surface area (Å²) in [6.07, 6.45) is 1.76. The minimum absolute atomic E-state index is 0.514. The first kappa shape index (κ1) is 10.5. The third-order valence-electron chi connectivity index (χ3n) is 3.09. The zero-order valence-electron chi connectivity index (χ0n) is 9.95. The molecule has 0 spiro atoms. The topological polar surface area (TPSA) is 56.7 Å². The van der Waals surface area contributed by atoms with Crippen molar-refractivity contribution in [1.29, 1.82) is 0 Å². The fourth-order valence-corrected chi connectivity index (χ4v) is 3.22. The van der Waals surface area contributed by atoms with Crippen LogP contribution in [0.5, 0.6) is 0 Å². The maximum absolute atomic E-state index is 5.94. The summed E-state index contributed by atoms with van der Waals surface area (Å²) in [5, 5.41) is 7.52. The standard InChI is InChI=1S/C14H10N4S/c15-13-10-5-3-7-16-14(10)18(17-13)12-8-9-4-1-2-6-11(9)19-12/h1-8H,(H2,15,17). The number of nitrogens with zero attached hydrogens (tertiary/aromatic N) is 3. The van der Waals surface area contributed by atoms with Gasteiger partial charge in [-0.2, -0.15) is 0 Å². The number of aromatic nitrogens is 3.